The number of hydrogen-bond acceptors (Lipinski definition) is 3. The van der Waals surface area contributed by atoms with Crippen molar-refractivity contribution in [1.82, 2.24) is 4.90 Å². The van der Waals surface area contributed by atoms with Gasteiger partial charge in [0.2, 0.25) is 5.91 Å². The number of aromatic carboxylic acids is 1. The first-order valence-electron chi connectivity index (χ1n) is 6.24. The number of para-hydroxylation sites is 1. The van der Waals surface area contributed by atoms with Crippen LogP contribution in [0.25, 0.3) is 0 Å². The summed E-state index contributed by atoms with van der Waals surface area (Å²) in [5.74, 6) is -1.03. The summed E-state index contributed by atoms with van der Waals surface area (Å²) in [7, 11) is 3.38. The third-order valence-corrected chi connectivity index (χ3v) is 2.79. The van der Waals surface area contributed by atoms with Gasteiger partial charge in [-0.2, -0.15) is 0 Å². The second-order valence-electron chi connectivity index (χ2n) is 4.53. The zero-order chi connectivity index (χ0) is 14.4. The van der Waals surface area contributed by atoms with Crippen molar-refractivity contribution in [2.24, 2.45) is 0 Å². The number of carboxylic acids is 1. The van der Waals surface area contributed by atoms with Gasteiger partial charge in [-0.25, -0.2) is 4.79 Å². The second-order valence-corrected chi connectivity index (χ2v) is 4.53. The zero-order valence-electron chi connectivity index (χ0n) is 11.6. The molecule has 0 heterocycles. The van der Waals surface area contributed by atoms with E-state index in [0.717, 1.165) is 6.42 Å². The van der Waals surface area contributed by atoms with Gasteiger partial charge in [0.1, 0.15) is 0 Å². The van der Waals surface area contributed by atoms with Gasteiger partial charge in [-0.15, -0.1) is 0 Å². The molecule has 0 saturated carbocycles. The third kappa shape index (κ3) is 3.98. The van der Waals surface area contributed by atoms with Crippen molar-refractivity contribution in [2.75, 3.05) is 32.1 Å². The van der Waals surface area contributed by atoms with Crippen LogP contribution in [0.3, 0.4) is 0 Å². The van der Waals surface area contributed by atoms with Crippen LogP contribution in [-0.2, 0) is 4.79 Å². The van der Waals surface area contributed by atoms with Crippen LogP contribution >= 0.6 is 0 Å². The predicted molar refractivity (Wildman–Crippen MR) is 74.6 cm³/mol. The van der Waals surface area contributed by atoms with E-state index in [0.29, 0.717) is 12.2 Å². The molecular formula is C14H20N2O3. The molecule has 1 amide bonds. The summed E-state index contributed by atoms with van der Waals surface area (Å²) in [5.41, 5.74) is 0.814. The van der Waals surface area contributed by atoms with Crippen LogP contribution in [0.5, 0.6) is 0 Å². The summed E-state index contributed by atoms with van der Waals surface area (Å²) in [6, 6.07) is 6.76. The Kier molecular flexibility index (Phi) is 5.36. The van der Waals surface area contributed by atoms with Crippen LogP contribution in [0, 0.1) is 0 Å². The Bertz CT molecular complexity index is 458. The van der Waals surface area contributed by atoms with E-state index in [9.17, 15) is 14.7 Å². The minimum absolute atomic E-state index is 0.0476. The molecule has 0 saturated heterocycles. The molecule has 1 rings (SSSR count). The normalized spacial score (nSPS) is 10.1. The lowest BCUT2D eigenvalue weighted by Gasteiger charge is -2.26. The Hall–Kier alpha value is -2.04. The van der Waals surface area contributed by atoms with E-state index >= 15 is 0 Å². The molecule has 104 valence electrons. The first-order valence-corrected chi connectivity index (χ1v) is 6.24. The van der Waals surface area contributed by atoms with Crippen LogP contribution in [0.4, 0.5) is 5.69 Å². The summed E-state index contributed by atoms with van der Waals surface area (Å²) in [6.45, 7) is 2.82. The van der Waals surface area contributed by atoms with E-state index in [2.05, 4.69) is 0 Å². The lowest BCUT2D eigenvalue weighted by atomic mass is 10.1. The van der Waals surface area contributed by atoms with E-state index in [-0.39, 0.29) is 18.0 Å². The summed E-state index contributed by atoms with van der Waals surface area (Å²) >= 11 is 0. The van der Waals surface area contributed by atoms with Crippen molar-refractivity contribution in [3.8, 4) is 0 Å². The molecule has 0 fully saturated rings. The molecular weight excluding hydrogens is 244 g/mol. The van der Waals surface area contributed by atoms with Crippen molar-refractivity contribution in [1.29, 1.82) is 0 Å². The topological polar surface area (TPSA) is 60.9 Å². The van der Waals surface area contributed by atoms with E-state index in [1.54, 1.807) is 38.4 Å². The van der Waals surface area contributed by atoms with Gasteiger partial charge >= 0.3 is 5.97 Å². The van der Waals surface area contributed by atoms with Gasteiger partial charge in [-0.05, 0) is 18.6 Å². The Labute approximate surface area is 113 Å². The average molecular weight is 264 g/mol. The minimum atomic E-state index is -0.978. The number of carboxylic acid groups (broad SMARTS) is 1. The highest BCUT2D eigenvalue weighted by molar-refractivity contribution is 5.95. The van der Waals surface area contributed by atoms with Crippen molar-refractivity contribution in [3.05, 3.63) is 29.8 Å². The lowest BCUT2D eigenvalue weighted by molar-refractivity contribution is -0.127. The third-order valence-electron chi connectivity index (χ3n) is 2.79. The number of anilines is 1. The summed E-state index contributed by atoms with van der Waals surface area (Å²) < 4.78 is 0. The Morgan fingerprint density at radius 3 is 2.37 bits per heavy atom. The van der Waals surface area contributed by atoms with E-state index in [4.69, 9.17) is 0 Å². The number of hydrogen-bond donors (Lipinski definition) is 1. The zero-order valence-corrected chi connectivity index (χ0v) is 11.6. The van der Waals surface area contributed by atoms with Crippen molar-refractivity contribution in [2.45, 2.75) is 13.3 Å². The molecule has 1 N–H and O–H groups in total. The molecule has 0 atom stereocenters. The summed E-state index contributed by atoms with van der Waals surface area (Å²) in [6.07, 6.45) is 0.842. The van der Waals surface area contributed by atoms with Gasteiger partial charge in [-0.1, -0.05) is 19.1 Å². The fourth-order valence-corrected chi connectivity index (χ4v) is 1.79. The first kappa shape index (κ1) is 15.0. The fourth-order valence-electron chi connectivity index (χ4n) is 1.79. The Morgan fingerprint density at radius 2 is 1.84 bits per heavy atom. The fraction of sp³-hybridized carbons (Fsp3) is 0.429. The molecule has 5 nitrogen and oxygen atoms in total. The molecule has 0 bridgehead atoms. The molecule has 1 aromatic carbocycles. The minimum Gasteiger partial charge on any atom is -0.478 e. The van der Waals surface area contributed by atoms with Crippen molar-refractivity contribution < 1.29 is 14.7 Å². The van der Waals surface area contributed by atoms with Gasteiger partial charge in [-0.3, -0.25) is 4.79 Å². The van der Waals surface area contributed by atoms with Crippen LogP contribution in [0.1, 0.15) is 23.7 Å². The second kappa shape index (κ2) is 6.78. The van der Waals surface area contributed by atoms with Gasteiger partial charge in [0.25, 0.3) is 0 Å². The maximum atomic E-state index is 11.8. The van der Waals surface area contributed by atoms with E-state index in [1.807, 2.05) is 11.8 Å². The largest absolute Gasteiger partial charge is 0.478 e. The average Bonchev–Trinajstić information content (AvgIpc) is 2.37. The van der Waals surface area contributed by atoms with Crippen LogP contribution in [-0.4, -0.2) is 49.1 Å². The number of rotatable bonds is 6. The van der Waals surface area contributed by atoms with Gasteiger partial charge < -0.3 is 14.9 Å². The number of carbonyl (C=O) groups excluding carboxylic acids is 1. The molecule has 5 heteroatoms. The van der Waals surface area contributed by atoms with Crippen molar-refractivity contribution >= 4 is 17.6 Å². The highest BCUT2D eigenvalue weighted by Crippen LogP contribution is 2.20. The maximum absolute atomic E-state index is 11.8. The molecule has 0 unspecified atom stereocenters. The monoisotopic (exact) mass is 264 g/mol. The molecule has 0 aromatic heterocycles. The molecule has 0 aliphatic rings. The highest BCUT2D eigenvalue weighted by Gasteiger charge is 2.18. The predicted octanol–water partition coefficient (Wildman–Crippen LogP) is 1.69. The van der Waals surface area contributed by atoms with Gasteiger partial charge in [0.05, 0.1) is 17.8 Å². The van der Waals surface area contributed by atoms with E-state index < -0.39 is 5.97 Å². The smallest absolute Gasteiger partial charge is 0.337 e. The molecule has 0 radical (unpaired) electrons. The van der Waals surface area contributed by atoms with Crippen LogP contribution in [0.15, 0.2) is 24.3 Å². The summed E-state index contributed by atoms with van der Waals surface area (Å²) in [5, 5.41) is 9.20. The first-order chi connectivity index (χ1) is 8.97. The number of carbonyl (C=O) groups is 2. The van der Waals surface area contributed by atoms with Gasteiger partial charge in [0, 0.05) is 20.6 Å². The molecule has 0 spiro atoms. The molecule has 0 aliphatic carbocycles. The molecule has 1 aromatic rings. The quantitative estimate of drug-likeness (QED) is 0.849. The molecule has 19 heavy (non-hydrogen) atoms. The number of amides is 1. The van der Waals surface area contributed by atoms with Crippen molar-refractivity contribution in [3.63, 3.8) is 0 Å². The Morgan fingerprint density at radius 1 is 1.21 bits per heavy atom. The molecule has 0 aliphatic heterocycles. The Balaban J connectivity index is 3.05. The number of benzene rings is 1. The SMILES string of the molecule is CCCN(CC(=O)N(C)C)c1ccccc1C(=O)O. The maximum Gasteiger partial charge on any atom is 0.337 e. The number of likely N-dealkylation sites (N-methyl/N-ethyl adjacent to an activating group) is 1. The van der Waals surface area contributed by atoms with Gasteiger partial charge in [0.15, 0.2) is 0 Å². The van der Waals surface area contributed by atoms with Crippen LogP contribution in [0.2, 0.25) is 0 Å². The van der Waals surface area contributed by atoms with E-state index in [1.165, 1.54) is 4.90 Å². The summed E-state index contributed by atoms with van der Waals surface area (Å²) in [4.78, 5) is 26.4. The number of nitrogens with zero attached hydrogens (tertiary/aromatic N) is 2. The lowest BCUT2D eigenvalue weighted by Crippen LogP contribution is -2.37. The van der Waals surface area contributed by atoms with Crippen LogP contribution < -0.4 is 4.90 Å². The standard InChI is InChI=1S/C14H20N2O3/c1-4-9-16(10-13(17)15(2)3)12-8-6-5-7-11(12)14(18)19/h5-8H,4,9-10H2,1-3H3,(H,18,19). The highest BCUT2D eigenvalue weighted by atomic mass is 16.4.